The molecule has 2 aromatic rings. The zero-order valence-electron chi connectivity index (χ0n) is 22.1. The van der Waals surface area contributed by atoms with Crippen molar-refractivity contribution in [2.45, 2.75) is 130 Å². The van der Waals surface area contributed by atoms with Gasteiger partial charge < -0.3 is 0 Å². The molecule has 0 heteroatoms. The summed E-state index contributed by atoms with van der Waals surface area (Å²) in [5, 5.41) is 0. The number of benzene rings is 2. The molecule has 0 heterocycles. The van der Waals surface area contributed by atoms with Gasteiger partial charge in [0.2, 0.25) is 0 Å². The van der Waals surface area contributed by atoms with Gasteiger partial charge in [-0.15, -0.1) is 0 Å². The molecule has 0 aliphatic rings. The smallest absolute Gasteiger partial charge is 0.00583 e. The molecular formula is C32H48. The number of hydrogen-bond acceptors (Lipinski definition) is 0. The minimum Gasteiger partial charge on any atom is -0.0654 e. The largest absolute Gasteiger partial charge is 0.0654 e. The van der Waals surface area contributed by atoms with E-state index in [2.05, 4.69) is 90.9 Å². The quantitative estimate of drug-likeness (QED) is 0.295. The molecule has 0 amide bonds. The van der Waals surface area contributed by atoms with Crippen molar-refractivity contribution < 1.29 is 0 Å². The lowest BCUT2D eigenvalue weighted by atomic mass is 9.80. The van der Waals surface area contributed by atoms with Gasteiger partial charge in [0.1, 0.15) is 0 Å². The molecule has 0 saturated heterocycles. The molecule has 0 nitrogen and oxygen atoms in total. The van der Waals surface area contributed by atoms with Crippen molar-refractivity contribution in [1.82, 2.24) is 0 Å². The summed E-state index contributed by atoms with van der Waals surface area (Å²) in [6.07, 6.45) is 12.8. The second-order valence-electron chi connectivity index (χ2n) is 10.8. The topological polar surface area (TPSA) is 0 Å². The van der Waals surface area contributed by atoms with Crippen molar-refractivity contribution in [3.05, 3.63) is 59.2 Å². The van der Waals surface area contributed by atoms with Crippen molar-refractivity contribution in [1.29, 1.82) is 0 Å². The fourth-order valence-corrected chi connectivity index (χ4v) is 4.82. The van der Waals surface area contributed by atoms with Gasteiger partial charge in [-0.3, -0.25) is 0 Å². The van der Waals surface area contributed by atoms with Crippen LogP contribution in [0.25, 0.3) is 11.1 Å². The van der Waals surface area contributed by atoms with Crippen LogP contribution in [-0.2, 0) is 5.41 Å². The Morgan fingerprint density at radius 2 is 1.25 bits per heavy atom. The average Bonchev–Trinajstić information content (AvgIpc) is 2.78. The highest BCUT2D eigenvalue weighted by molar-refractivity contribution is 5.65. The summed E-state index contributed by atoms with van der Waals surface area (Å²) in [7, 11) is 0. The number of hydrogen-bond donors (Lipinski definition) is 0. The summed E-state index contributed by atoms with van der Waals surface area (Å²) < 4.78 is 0. The lowest BCUT2D eigenvalue weighted by Crippen LogP contribution is -2.13. The standard InChI is InChI=1S/C32H48/c1-8-12-17-25(15-10-3)27-19-14-20-28(21-27)30-22-29(23-31(24-30)32(5,6)7)26(16-11-4)18-13-9-2/h14,19,21-23,25-26H,8-13,15-18H2,1-7H3. The first-order chi connectivity index (χ1) is 15.3. The maximum atomic E-state index is 3.80. The molecule has 0 spiro atoms. The van der Waals surface area contributed by atoms with Crippen LogP contribution in [0.1, 0.15) is 141 Å². The first-order valence-corrected chi connectivity index (χ1v) is 13.4. The summed E-state index contributed by atoms with van der Waals surface area (Å²) in [5.74, 6) is 1.31. The summed E-state index contributed by atoms with van der Waals surface area (Å²) in [5.41, 5.74) is 6.87. The third-order valence-corrected chi connectivity index (χ3v) is 6.84. The van der Waals surface area contributed by atoms with E-state index < -0.39 is 0 Å². The first kappa shape index (κ1) is 26.7. The zero-order chi connectivity index (χ0) is 23.6. The van der Waals surface area contributed by atoms with Crippen LogP contribution in [0, 0.1) is 12.1 Å². The van der Waals surface area contributed by atoms with E-state index in [9.17, 15) is 0 Å². The molecular weight excluding hydrogens is 384 g/mol. The van der Waals surface area contributed by atoms with Crippen LogP contribution in [0.2, 0.25) is 0 Å². The van der Waals surface area contributed by atoms with Gasteiger partial charge in [0.15, 0.2) is 0 Å². The Morgan fingerprint density at radius 3 is 1.78 bits per heavy atom. The maximum absolute atomic E-state index is 3.80. The van der Waals surface area contributed by atoms with E-state index in [1.54, 1.807) is 0 Å². The molecule has 0 bridgehead atoms. The minimum absolute atomic E-state index is 0.0930. The fraction of sp³-hybridized carbons (Fsp3) is 0.625. The van der Waals surface area contributed by atoms with Crippen LogP contribution in [0.3, 0.4) is 0 Å². The summed E-state index contributed by atoms with van der Waals surface area (Å²) in [6, 6.07) is 19.1. The van der Waals surface area contributed by atoms with Crippen LogP contribution in [0.5, 0.6) is 0 Å². The first-order valence-electron chi connectivity index (χ1n) is 13.4. The van der Waals surface area contributed by atoms with Gasteiger partial charge in [-0.25, -0.2) is 0 Å². The highest BCUT2D eigenvalue weighted by Gasteiger charge is 2.20. The van der Waals surface area contributed by atoms with Crippen LogP contribution < -0.4 is 0 Å². The van der Waals surface area contributed by atoms with Gasteiger partial charge >= 0.3 is 0 Å². The molecule has 2 atom stereocenters. The van der Waals surface area contributed by atoms with E-state index in [0.717, 1.165) is 0 Å². The molecule has 32 heavy (non-hydrogen) atoms. The van der Waals surface area contributed by atoms with Gasteiger partial charge in [-0.2, -0.15) is 0 Å². The summed E-state index contributed by atoms with van der Waals surface area (Å²) in [6.45, 7) is 16.2. The molecule has 0 saturated carbocycles. The molecule has 176 valence electrons. The van der Waals surface area contributed by atoms with E-state index in [1.807, 2.05) is 0 Å². The van der Waals surface area contributed by atoms with Crippen molar-refractivity contribution in [2.75, 3.05) is 0 Å². The minimum atomic E-state index is 0.0930. The third kappa shape index (κ3) is 7.79. The highest BCUT2D eigenvalue weighted by Crippen LogP contribution is 2.36. The Balaban J connectivity index is 2.51. The summed E-state index contributed by atoms with van der Waals surface area (Å²) in [4.78, 5) is 0. The molecule has 2 aromatic carbocycles. The van der Waals surface area contributed by atoms with E-state index in [0.29, 0.717) is 11.8 Å². The molecule has 0 N–H and O–H groups in total. The second-order valence-corrected chi connectivity index (χ2v) is 10.8. The van der Waals surface area contributed by atoms with Crippen molar-refractivity contribution in [2.24, 2.45) is 0 Å². The third-order valence-electron chi connectivity index (χ3n) is 6.84. The number of rotatable bonds is 13. The normalized spacial score (nSPS) is 13.8. The molecule has 2 radical (unpaired) electrons. The Labute approximate surface area is 200 Å². The molecule has 0 fully saturated rings. The van der Waals surface area contributed by atoms with E-state index in [4.69, 9.17) is 0 Å². The van der Waals surface area contributed by atoms with E-state index >= 15 is 0 Å². The molecule has 0 aromatic heterocycles. The Morgan fingerprint density at radius 1 is 0.688 bits per heavy atom. The van der Waals surface area contributed by atoms with Gasteiger partial charge in [0.25, 0.3) is 0 Å². The second kappa shape index (κ2) is 13.2. The van der Waals surface area contributed by atoms with Crippen LogP contribution >= 0.6 is 0 Å². The Kier molecular flexibility index (Phi) is 11.0. The number of unbranched alkanes of at least 4 members (excludes halogenated alkanes) is 2. The van der Waals surface area contributed by atoms with Crippen LogP contribution in [-0.4, -0.2) is 0 Å². The highest BCUT2D eigenvalue weighted by atomic mass is 14.2. The maximum Gasteiger partial charge on any atom is -0.00583 e. The molecule has 0 aliphatic carbocycles. The Hall–Kier alpha value is -1.56. The zero-order valence-corrected chi connectivity index (χ0v) is 22.1. The van der Waals surface area contributed by atoms with Gasteiger partial charge in [-0.1, -0.05) is 117 Å². The molecule has 0 aliphatic heterocycles. The fourth-order valence-electron chi connectivity index (χ4n) is 4.82. The summed E-state index contributed by atoms with van der Waals surface area (Å²) >= 11 is 0. The predicted octanol–water partition coefficient (Wildman–Crippen LogP) is 10.4. The van der Waals surface area contributed by atoms with Crippen molar-refractivity contribution >= 4 is 0 Å². The van der Waals surface area contributed by atoms with Gasteiger partial charge in [0, 0.05) is 0 Å². The predicted molar refractivity (Wildman–Crippen MR) is 143 cm³/mol. The average molecular weight is 433 g/mol. The van der Waals surface area contributed by atoms with Crippen LogP contribution in [0.4, 0.5) is 0 Å². The lowest BCUT2D eigenvalue weighted by Gasteiger charge is -2.24. The van der Waals surface area contributed by atoms with E-state index in [-0.39, 0.29) is 5.41 Å². The monoisotopic (exact) mass is 432 g/mol. The lowest BCUT2D eigenvalue weighted by molar-refractivity contribution is 0.536. The van der Waals surface area contributed by atoms with Crippen molar-refractivity contribution in [3.63, 3.8) is 0 Å². The molecule has 2 unspecified atom stereocenters. The Bertz CT molecular complexity index is 792. The van der Waals surface area contributed by atoms with E-state index in [1.165, 1.54) is 92.0 Å². The van der Waals surface area contributed by atoms with Crippen molar-refractivity contribution in [3.8, 4) is 11.1 Å². The van der Waals surface area contributed by atoms with Crippen LogP contribution in [0.15, 0.2) is 30.3 Å². The SMILES string of the molecule is CCCCC(CCC)c1cc[c]c(-c2[c]c(C(C)(C)C)cc(C(CCC)CCCC)c2)c1. The molecule has 2 rings (SSSR count). The van der Waals surface area contributed by atoms with Gasteiger partial charge in [0.05, 0.1) is 0 Å². The van der Waals surface area contributed by atoms with Gasteiger partial charge in [-0.05, 0) is 82.9 Å².